The topological polar surface area (TPSA) is 23.5 Å². The fourth-order valence-corrected chi connectivity index (χ4v) is 3.66. The van der Waals surface area contributed by atoms with Gasteiger partial charge < -0.3 is 10.0 Å². The van der Waals surface area contributed by atoms with Crippen molar-refractivity contribution in [3.63, 3.8) is 0 Å². The highest BCUT2D eigenvalue weighted by molar-refractivity contribution is 5.85. The summed E-state index contributed by atoms with van der Waals surface area (Å²) in [7, 11) is 0. The molecule has 2 atom stereocenters. The summed E-state index contributed by atoms with van der Waals surface area (Å²) in [5, 5.41) is 8.88. The molecule has 2 unspecified atom stereocenters. The summed E-state index contributed by atoms with van der Waals surface area (Å²) in [6.07, 6.45) is 9.22. The lowest BCUT2D eigenvalue weighted by molar-refractivity contribution is 0.143. The fraction of sp³-hybridized carbons (Fsp3) is 1.00. The van der Waals surface area contributed by atoms with Gasteiger partial charge in [0.1, 0.15) is 0 Å². The lowest BCUT2D eigenvalue weighted by Crippen LogP contribution is -2.35. The molecule has 1 aliphatic rings. The molecular weight excluding hydrogens is 270 g/mol. The van der Waals surface area contributed by atoms with Gasteiger partial charge in [0, 0.05) is 13.2 Å². The fourth-order valence-electron chi connectivity index (χ4n) is 3.66. The van der Waals surface area contributed by atoms with Crippen molar-refractivity contribution in [1.82, 2.24) is 4.90 Å². The van der Waals surface area contributed by atoms with E-state index in [1.165, 1.54) is 51.6 Å². The number of hydrogen-bond donors (Lipinski definition) is 1. The van der Waals surface area contributed by atoms with E-state index < -0.39 is 0 Å². The highest BCUT2D eigenvalue weighted by Gasteiger charge is 2.23. The molecule has 0 amide bonds. The van der Waals surface area contributed by atoms with Crippen molar-refractivity contribution in [1.29, 1.82) is 0 Å². The van der Waals surface area contributed by atoms with Crippen LogP contribution in [0.3, 0.4) is 0 Å². The molecule has 0 bridgehead atoms. The molecule has 3 heteroatoms. The minimum atomic E-state index is 0. The lowest BCUT2D eigenvalue weighted by atomic mass is 9.79. The molecule has 1 N–H and O–H groups in total. The van der Waals surface area contributed by atoms with Crippen LogP contribution in [0.1, 0.15) is 65.7 Å². The van der Waals surface area contributed by atoms with E-state index in [1.807, 2.05) is 0 Å². The molecule has 1 heterocycles. The van der Waals surface area contributed by atoms with E-state index in [4.69, 9.17) is 5.11 Å². The molecule has 1 fully saturated rings. The zero-order valence-corrected chi connectivity index (χ0v) is 14.6. The van der Waals surface area contributed by atoms with Crippen molar-refractivity contribution < 1.29 is 5.11 Å². The third kappa shape index (κ3) is 7.28. The first-order valence-electron chi connectivity index (χ1n) is 8.54. The molecule has 0 aromatic heterocycles. The molecule has 122 valence electrons. The molecule has 0 aromatic rings. The van der Waals surface area contributed by atoms with Crippen LogP contribution in [0.25, 0.3) is 0 Å². The Morgan fingerprint density at radius 2 is 1.85 bits per heavy atom. The summed E-state index contributed by atoms with van der Waals surface area (Å²) in [5.74, 6) is 2.80. The smallest absolute Gasteiger partial charge is 0.0443 e. The largest absolute Gasteiger partial charge is 0.396 e. The minimum absolute atomic E-state index is 0. The normalized spacial score (nSPS) is 20.4. The number of rotatable bonds is 9. The quantitative estimate of drug-likeness (QED) is 0.684. The summed E-state index contributed by atoms with van der Waals surface area (Å²) in [6.45, 7) is 11.1. The van der Waals surface area contributed by atoms with Gasteiger partial charge in [-0.25, -0.2) is 0 Å². The highest BCUT2D eigenvalue weighted by atomic mass is 35.5. The van der Waals surface area contributed by atoms with E-state index in [-0.39, 0.29) is 12.4 Å². The molecule has 0 aromatic carbocycles. The van der Waals surface area contributed by atoms with Crippen LogP contribution in [0, 0.1) is 17.8 Å². The molecule has 0 spiro atoms. The predicted molar refractivity (Wildman–Crippen MR) is 90.6 cm³/mol. The van der Waals surface area contributed by atoms with E-state index in [9.17, 15) is 0 Å². The summed E-state index contributed by atoms with van der Waals surface area (Å²) in [4.78, 5) is 2.53. The van der Waals surface area contributed by atoms with Gasteiger partial charge in [-0.05, 0) is 56.5 Å². The maximum Gasteiger partial charge on any atom is 0.0443 e. The van der Waals surface area contributed by atoms with E-state index in [0.717, 1.165) is 30.7 Å². The summed E-state index contributed by atoms with van der Waals surface area (Å²) < 4.78 is 0. The maximum absolute atomic E-state index is 8.88. The first kappa shape index (κ1) is 20.2. The zero-order chi connectivity index (χ0) is 14.1. The number of nitrogens with zero attached hydrogens (tertiary/aromatic N) is 1. The van der Waals surface area contributed by atoms with Crippen molar-refractivity contribution in [3.05, 3.63) is 0 Å². The summed E-state index contributed by atoms with van der Waals surface area (Å²) in [5.41, 5.74) is 0. The zero-order valence-electron chi connectivity index (χ0n) is 13.8. The van der Waals surface area contributed by atoms with Crippen LogP contribution >= 0.6 is 12.4 Å². The number of hydrogen-bond acceptors (Lipinski definition) is 2. The number of halogens is 1. The van der Waals surface area contributed by atoms with Crippen LogP contribution in [0.15, 0.2) is 0 Å². The average molecular weight is 306 g/mol. The second-order valence-electron chi connectivity index (χ2n) is 6.53. The van der Waals surface area contributed by atoms with Crippen LogP contribution in [0.5, 0.6) is 0 Å². The van der Waals surface area contributed by atoms with Crippen LogP contribution in [-0.2, 0) is 0 Å². The number of aliphatic hydroxyl groups excluding tert-OH is 1. The third-order valence-corrected chi connectivity index (χ3v) is 5.05. The van der Waals surface area contributed by atoms with Crippen LogP contribution in [-0.4, -0.2) is 36.2 Å². The Kier molecular flexibility index (Phi) is 11.9. The van der Waals surface area contributed by atoms with Gasteiger partial charge in [0.15, 0.2) is 0 Å². The Morgan fingerprint density at radius 3 is 2.35 bits per heavy atom. The van der Waals surface area contributed by atoms with Crippen molar-refractivity contribution >= 4 is 12.4 Å². The summed E-state index contributed by atoms with van der Waals surface area (Å²) in [6, 6.07) is 0. The molecule has 1 rings (SSSR count). The molecule has 20 heavy (non-hydrogen) atoms. The van der Waals surface area contributed by atoms with Crippen molar-refractivity contribution in [2.45, 2.75) is 65.7 Å². The number of likely N-dealkylation sites (tertiary alicyclic amines) is 1. The van der Waals surface area contributed by atoms with E-state index in [2.05, 4.69) is 25.7 Å². The second-order valence-corrected chi connectivity index (χ2v) is 6.53. The van der Waals surface area contributed by atoms with Gasteiger partial charge in [-0.3, -0.25) is 0 Å². The standard InChI is InChI=1S/C17H35NO.ClH/c1-4-7-15(3)17(5-2)14-16-8-11-18(12-9-16)10-6-13-19;/h15-17,19H,4-14H2,1-3H3;1H. The molecule has 0 saturated carbocycles. The highest BCUT2D eigenvalue weighted by Crippen LogP contribution is 2.31. The molecule has 2 nitrogen and oxygen atoms in total. The lowest BCUT2D eigenvalue weighted by Gasteiger charge is -2.34. The Labute approximate surface area is 132 Å². The Morgan fingerprint density at radius 1 is 1.20 bits per heavy atom. The molecule has 0 radical (unpaired) electrons. The SMILES string of the molecule is CCCC(C)C(CC)CC1CCN(CCCO)CC1.Cl. The van der Waals surface area contributed by atoms with Crippen LogP contribution in [0.4, 0.5) is 0 Å². The van der Waals surface area contributed by atoms with E-state index in [1.54, 1.807) is 0 Å². The van der Waals surface area contributed by atoms with Gasteiger partial charge in [0.05, 0.1) is 0 Å². The van der Waals surface area contributed by atoms with E-state index in [0.29, 0.717) is 6.61 Å². The minimum Gasteiger partial charge on any atom is -0.396 e. The molecule has 0 aliphatic carbocycles. The Bertz CT molecular complexity index is 217. The molecule has 1 saturated heterocycles. The van der Waals surface area contributed by atoms with Crippen molar-refractivity contribution in [2.24, 2.45) is 17.8 Å². The van der Waals surface area contributed by atoms with Gasteiger partial charge in [0.25, 0.3) is 0 Å². The first-order valence-corrected chi connectivity index (χ1v) is 8.54. The van der Waals surface area contributed by atoms with Gasteiger partial charge in [-0.15, -0.1) is 12.4 Å². The Balaban J connectivity index is 0.00000361. The second kappa shape index (κ2) is 11.8. The number of aliphatic hydroxyl groups is 1. The van der Waals surface area contributed by atoms with Crippen LogP contribution in [0.2, 0.25) is 0 Å². The molecule has 1 aliphatic heterocycles. The monoisotopic (exact) mass is 305 g/mol. The van der Waals surface area contributed by atoms with Crippen molar-refractivity contribution in [2.75, 3.05) is 26.2 Å². The summed E-state index contributed by atoms with van der Waals surface area (Å²) >= 11 is 0. The number of piperidine rings is 1. The van der Waals surface area contributed by atoms with E-state index >= 15 is 0 Å². The third-order valence-electron chi connectivity index (χ3n) is 5.05. The first-order chi connectivity index (χ1) is 9.21. The molecular formula is C17H36ClNO. The predicted octanol–water partition coefficient (Wildman–Crippen LogP) is 4.36. The van der Waals surface area contributed by atoms with Gasteiger partial charge in [-0.2, -0.15) is 0 Å². The van der Waals surface area contributed by atoms with Crippen molar-refractivity contribution in [3.8, 4) is 0 Å². The van der Waals surface area contributed by atoms with Crippen LogP contribution < -0.4 is 0 Å². The average Bonchev–Trinajstić information content (AvgIpc) is 2.44. The maximum atomic E-state index is 8.88. The van der Waals surface area contributed by atoms with Gasteiger partial charge in [0.2, 0.25) is 0 Å². The Hall–Kier alpha value is 0.210. The van der Waals surface area contributed by atoms with Gasteiger partial charge >= 0.3 is 0 Å². The van der Waals surface area contributed by atoms with Gasteiger partial charge in [-0.1, -0.05) is 40.0 Å².